The Morgan fingerprint density at radius 3 is 2.80 bits per heavy atom. The van der Waals surface area contributed by atoms with Gasteiger partial charge in [0.2, 0.25) is 0 Å². The number of hydrogen-bond acceptors (Lipinski definition) is 3. The lowest BCUT2D eigenvalue weighted by atomic mass is 9.96. The Morgan fingerprint density at radius 2 is 2.05 bits per heavy atom. The van der Waals surface area contributed by atoms with Crippen molar-refractivity contribution in [3.63, 3.8) is 0 Å². The highest BCUT2D eigenvalue weighted by molar-refractivity contribution is 5.97. The number of benzene rings is 1. The van der Waals surface area contributed by atoms with Gasteiger partial charge in [0, 0.05) is 6.04 Å². The smallest absolute Gasteiger partial charge is 0.255 e. The van der Waals surface area contributed by atoms with Gasteiger partial charge >= 0.3 is 0 Å². The molecule has 2 unspecified atom stereocenters. The lowest BCUT2D eigenvalue weighted by molar-refractivity contribution is 0.0918. The zero-order valence-corrected chi connectivity index (χ0v) is 12.2. The third-order valence-corrected chi connectivity index (χ3v) is 4.13. The Bertz CT molecular complexity index is 473. The van der Waals surface area contributed by atoms with Crippen LogP contribution in [0.5, 0.6) is 11.5 Å². The van der Waals surface area contributed by atoms with Crippen LogP contribution >= 0.6 is 0 Å². The van der Waals surface area contributed by atoms with E-state index in [2.05, 4.69) is 12.2 Å². The molecule has 0 bridgehead atoms. The Labute approximate surface area is 120 Å². The number of amides is 1. The van der Waals surface area contributed by atoms with E-state index in [0.717, 1.165) is 19.3 Å². The summed E-state index contributed by atoms with van der Waals surface area (Å²) in [5.74, 6) is 0.820. The maximum Gasteiger partial charge on any atom is 0.255 e. The lowest BCUT2D eigenvalue weighted by Crippen LogP contribution is -2.38. The minimum atomic E-state index is -0.222. The van der Waals surface area contributed by atoms with E-state index in [4.69, 9.17) is 4.74 Å². The molecule has 20 heavy (non-hydrogen) atoms. The van der Waals surface area contributed by atoms with Crippen LogP contribution in [0, 0.1) is 5.92 Å². The van der Waals surface area contributed by atoms with Crippen molar-refractivity contribution < 1.29 is 14.6 Å². The number of hydrogen-bond donors (Lipinski definition) is 2. The highest BCUT2D eigenvalue weighted by Gasteiger charge is 2.23. The third kappa shape index (κ3) is 3.44. The predicted octanol–water partition coefficient (Wildman–Crippen LogP) is 3.10. The summed E-state index contributed by atoms with van der Waals surface area (Å²) in [6, 6.07) is 4.90. The first kappa shape index (κ1) is 14.7. The van der Waals surface area contributed by atoms with Crippen LogP contribution in [0.1, 0.15) is 49.4 Å². The van der Waals surface area contributed by atoms with Crippen LogP contribution in [0.4, 0.5) is 0 Å². The number of methoxy groups -OCH3 is 1. The standard InChI is InChI=1S/C16H23NO3/c1-11-6-4-3-5-7-14(11)17-16(19)13-10-12(20-2)8-9-15(13)18/h8-11,14,18H,3-7H2,1-2H3,(H,17,19). The minimum absolute atomic E-state index is 0.00965. The molecule has 2 rings (SSSR count). The number of rotatable bonds is 3. The average molecular weight is 277 g/mol. The molecule has 0 aromatic heterocycles. The molecule has 4 nitrogen and oxygen atoms in total. The van der Waals surface area contributed by atoms with Gasteiger partial charge in [-0.15, -0.1) is 0 Å². The molecular weight excluding hydrogens is 254 g/mol. The van der Waals surface area contributed by atoms with Crippen LogP contribution in [-0.4, -0.2) is 24.2 Å². The molecule has 2 atom stereocenters. The van der Waals surface area contributed by atoms with Gasteiger partial charge in [0.15, 0.2) is 0 Å². The van der Waals surface area contributed by atoms with Crippen LogP contribution < -0.4 is 10.1 Å². The van der Waals surface area contributed by atoms with E-state index in [1.807, 2.05) is 0 Å². The van der Waals surface area contributed by atoms with Gasteiger partial charge in [-0.1, -0.05) is 26.2 Å². The van der Waals surface area contributed by atoms with Crippen molar-refractivity contribution in [2.24, 2.45) is 5.92 Å². The molecule has 4 heteroatoms. The van der Waals surface area contributed by atoms with E-state index in [1.165, 1.54) is 18.9 Å². The van der Waals surface area contributed by atoms with Gasteiger partial charge in [-0.25, -0.2) is 0 Å². The van der Waals surface area contributed by atoms with Crippen molar-refractivity contribution in [2.45, 2.75) is 45.1 Å². The monoisotopic (exact) mass is 277 g/mol. The average Bonchev–Trinajstić information content (AvgIpc) is 2.64. The zero-order chi connectivity index (χ0) is 14.5. The Morgan fingerprint density at radius 1 is 1.30 bits per heavy atom. The van der Waals surface area contributed by atoms with E-state index in [-0.39, 0.29) is 23.3 Å². The van der Waals surface area contributed by atoms with Crippen LogP contribution in [-0.2, 0) is 0 Å². The van der Waals surface area contributed by atoms with Crippen molar-refractivity contribution in [1.82, 2.24) is 5.32 Å². The molecule has 1 aliphatic rings. The van der Waals surface area contributed by atoms with E-state index in [9.17, 15) is 9.90 Å². The molecule has 2 N–H and O–H groups in total. The van der Waals surface area contributed by atoms with Crippen molar-refractivity contribution >= 4 is 5.91 Å². The van der Waals surface area contributed by atoms with Gasteiger partial charge in [0.1, 0.15) is 11.5 Å². The van der Waals surface area contributed by atoms with Gasteiger partial charge in [-0.05, 0) is 37.0 Å². The van der Waals surface area contributed by atoms with Crippen LogP contribution in [0.2, 0.25) is 0 Å². The second-order valence-corrected chi connectivity index (χ2v) is 5.58. The summed E-state index contributed by atoms with van der Waals surface area (Å²) in [6.45, 7) is 2.18. The maximum atomic E-state index is 12.3. The number of ether oxygens (including phenoxy) is 1. The molecule has 110 valence electrons. The first-order chi connectivity index (χ1) is 9.61. The molecule has 0 saturated heterocycles. The maximum absolute atomic E-state index is 12.3. The second-order valence-electron chi connectivity index (χ2n) is 5.58. The van der Waals surface area contributed by atoms with Crippen LogP contribution in [0.3, 0.4) is 0 Å². The number of phenols is 1. The first-order valence-corrected chi connectivity index (χ1v) is 7.29. The molecular formula is C16H23NO3. The fourth-order valence-corrected chi connectivity index (χ4v) is 2.78. The summed E-state index contributed by atoms with van der Waals surface area (Å²) in [7, 11) is 1.54. The Kier molecular flexibility index (Phi) is 4.88. The largest absolute Gasteiger partial charge is 0.507 e. The quantitative estimate of drug-likeness (QED) is 0.835. The van der Waals surface area contributed by atoms with E-state index in [1.54, 1.807) is 19.2 Å². The number of carbonyl (C=O) groups excluding carboxylic acids is 1. The molecule has 1 amide bonds. The summed E-state index contributed by atoms with van der Waals surface area (Å²) in [6.07, 6.45) is 5.78. The van der Waals surface area contributed by atoms with Gasteiger partial charge in [0.05, 0.1) is 12.7 Å². The molecule has 1 saturated carbocycles. The molecule has 0 heterocycles. The molecule has 0 spiro atoms. The summed E-state index contributed by atoms with van der Waals surface area (Å²) < 4.78 is 5.10. The zero-order valence-electron chi connectivity index (χ0n) is 12.2. The van der Waals surface area contributed by atoms with Gasteiger partial charge in [-0.3, -0.25) is 4.79 Å². The van der Waals surface area contributed by atoms with Gasteiger partial charge in [0.25, 0.3) is 5.91 Å². The van der Waals surface area contributed by atoms with Crippen molar-refractivity contribution in [3.05, 3.63) is 23.8 Å². The summed E-state index contributed by atoms with van der Waals surface area (Å²) in [4.78, 5) is 12.3. The highest BCUT2D eigenvalue weighted by atomic mass is 16.5. The second kappa shape index (κ2) is 6.64. The molecule has 1 aromatic rings. The van der Waals surface area contributed by atoms with E-state index >= 15 is 0 Å². The molecule has 1 aromatic carbocycles. The number of phenolic OH excluding ortho intramolecular Hbond substituents is 1. The van der Waals surface area contributed by atoms with Crippen molar-refractivity contribution in [2.75, 3.05) is 7.11 Å². The fraction of sp³-hybridized carbons (Fsp3) is 0.562. The summed E-state index contributed by atoms with van der Waals surface area (Å²) in [5, 5.41) is 12.9. The van der Waals surface area contributed by atoms with Gasteiger partial charge in [-0.2, -0.15) is 0 Å². The minimum Gasteiger partial charge on any atom is -0.507 e. The van der Waals surface area contributed by atoms with E-state index in [0.29, 0.717) is 11.7 Å². The Hall–Kier alpha value is -1.71. The molecule has 1 fully saturated rings. The molecule has 0 radical (unpaired) electrons. The van der Waals surface area contributed by atoms with Crippen LogP contribution in [0.15, 0.2) is 18.2 Å². The Balaban J connectivity index is 2.10. The third-order valence-electron chi connectivity index (χ3n) is 4.13. The number of aromatic hydroxyl groups is 1. The lowest BCUT2D eigenvalue weighted by Gasteiger charge is -2.23. The molecule has 0 aliphatic heterocycles. The highest BCUT2D eigenvalue weighted by Crippen LogP contribution is 2.26. The van der Waals surface area contributed by atoms with Crippen molar-refractivity contribution in [3.8, 4) is 11.5 Å². The predicted molar refractivity (Wildman–Crippen MR) is 78.2 cm³/mol. The SMILES string of the molecule is COc1ccc(O)c(C(=O)NC2CCCCCC2C)c1. The normalized spacial score (nSPS) is 22.9. The van der Waals surface area contributed by atoms with Gasteiger partial charge < -0.3 is 15.2 Å². The van der Waals surface area contributed by atoms with E-state index < -0.39 is 0 Å². The molecule has 1 aliphatic carbocycles. The number of carbonyl (C=O) groups is 1. The summed E-state index contributed by atoms with van der Waals surface area (Å²) >= 11 is 0. The summed E-state index contributed by atoms with van der Waals surface area (Å²) in [5.41, 5.74) is 0.279. The first-order valence-electron chi connectivity index (χ1n) is 7.29. The van der Waals surface area contributed by atoms with Crippen molar-refractivity contribution in [1.29, 1.82) is 0 Å². The fourth-order valence-electron chi connectivity index (χ4n) is 2.78. The number of nitrogens with one attached hydrogen (secondary N) is 1. The topological polar surface area (TPSA) is 58.6 Å². The van der Waals surface area contributed by atoms with Crippen LogP contribution in [0.25, 0.3) is 0 Å².